The number of aliphatic hydroxyl groups excluding tert-OH is 1. The van der Waals surface area contributed by atoms with Crippen LogP contribution in [0.25, 0.3) is 11.0 Å². The normalized spacial score (nSPS) is 17.8. The van der Waals surface area contributed by atoms with Crippen molar-refractivity contribution < 1.29 is 14.0 Å². The van der Waals surface area contributed by atoms with Crippen LogP contribution in [0.5, 0.6) is 0 Å². The third-order valence-corrected chi connectivity index (χ3v) is 6.77. The summed E-state index contributed by atoms with van der Waals surface area (Å²) in [6.45, 7) is 13.1. The molecule has 1 unspecified atom stereocenters. The number of fused-ring (bicyclic) bond motifs is 2. The fourth-order valence-electron chi connectivity index (χ4n) is 4.98. The summed E-state index contributed by atoms with van der Waals surface area (Å²) in [6, 6.07) is 4.58. The fourth-order valence-corrected chi connectivity index (χ4v) is 4.98. The summed E-state index contributed by atoms with van der Waals surface area (Å²) in [6.07, 6.45) is 3.38. The molecule has 4 heterocycles. The second-order valence-electron chi connectivity index (χ2n) is 8.72. The van der Waals surface area contributed by atoms with Crippen molar-refractivity contribution in [3.05, 3.63) is 57.1 Å². The van der Waals surface area contributed by atoms with Crippen LogP contribution in [0.2, 0.25) is 0 Å². The van der Waals surface area contributed by atoms with Gasteiger partial charge in [-0.2, -0.15) is 0 Å². The Bertz CT molecular complexity index is 1170. The molecule has 1 atom stereocenters. The molecule has 2 aliphatic rings. The maximum atomic E-state index is 13.4. The average molecular weight is 503 g/mol. The van der Waals surface area contributed by atoms with E-state index in [9.17, 15) is 14.3 Å². The lowest BCUT2D eigenvalue weighted by Crippen LogP contribution is -2.37. The zero-order valence-corrected chi connectivity index (χ0v) is 21.7. The molecule has 1 aromatic carbocycles. The number of aromatic nitrogens is 3. The highest BCUT2D eigenvalue weighted by Crippen LogP contribution is 2.32. The van der Waals surface area contributed by atoms with E-state index in [0.29, 0.717) is 36.7 Å². The molecule has 2 aromatic heterocycles. The first-order valence-corrected chi connectivity index (χ1v) is 13.1. The summed E-state index contributed by atoms with van der Waals surface area (Å²) < 4.78 is 20.4. The minimum absolute atomic E-state index is 0. The highest BCUT2D eigenvalue weighted by molar-refractivity contribution is 5.79. The lowest BCUT2D eigenvalue weighted by atomic mass is 9.91. The quantitative estimate of drug-likeness (QED) is 0.488. The SMILES string of the molecule is C.CC.CC.Cc1nc2n(c(=O)c1CCN1CCC(c3noc4cc(F)ccc34)CC1)CCCC2O. The number of halogens is 1. The van der Waals surface area contributed by atoms with Crippen molar-refractivity contribution in [1.82, 2.24) is 19.6 Å². The first kappa shape index (κ1) is 29.6. The predicted molar refractivity (Wildman–Crippen MR) is 143 cm³/mol. The van der Waals surface area contributed by atoms with Crippen molar-refractivity contribution in [2.45, 2.75) is 92.7 Å². The first-order valence-electron chi connectivity index (χ1n) is 13.1. The highest BCUT2D eigenvalue weighted by Gasteiger charge is 2.26. The number of rotatable bonds is 4. The van der Waals surface area contributed by atoms with Crippen molar-refractivity contribution in [1.29, 1.82) is 0 Å². The number of benzene rings is 1. The van der Waals surface area contributed by atoms with Crippen molar-refractivity contribution >= 4 is 11.0 Å². The number of hydrogen-bond donors (Lipinski definition) is 1. The van der Waals surface area contributed by atoms with Gasteiger partial charge in [-0.05, 0) is 64.3 Å². The number of nitrogens with zero attached hydrogens (tertiary/aromatic N) is 4. The highest BCUT2D eigenvalue weighted by atomic mass is 19.1. The lowest BCUT2D eigenvalue weighted by Gasteiger charge is -2.31. The van der Waals surface area contributed by atoms with E-state index in [4.69, 9.17) is 4.52 Å². The van der Waals surface area contributed by atoms with Gasteiger partial charge in [-0.1, -0.05) is 40.3 Å². The van der Waals surface area contributed by atoms with E-state index >= 15 is 0 Å². The Balaban J connectivity index is 0.000000871. The summed E-state index contributed by atoms with van der Waals surface area (Å²) in [5, 5.41) is 15.3. The second kappa shape index (κ2) is 13.7. The Hall–Kier alpha value is -2.58. The van der Waals surface area contributed by atoms with Crippen LogP contribution in [0, 0.1) is 12.7 Å². The van der Waals surface area contributed by atoms with Gasteiger partial charge in [-0.3, -0.25) is 9.36 Å². The number of aliphatic hydroxyl groups is 1. The van der Waals surface area contributed by atoms with E-state index in [2.05, 4.69) is 15.0 Å². The van der Waals surface area contributed by atoms with Gasteiger partial charge in [0.2, 0.25) is 0 Å². The Morgan fingerprint density at radius 3 is 2.50 bits per heavy atom. The van der Waals surface area contributed by atoms with Gasteiger partial charge in [0.25, 0.3) is 5.56 Å². The predicted octanol–water partition coefficient (Wildman–Crippen LogP) is 5.77. The van der Waals surface area contributed by atoms with Crippen LogP contribution < -0.4 is 5.56 Å². The first-order chi connectivity index (χ1) is 17.0. The van der Waals surface area contributed by atoms with E-state index in [1.807, 2.05) is 34.6 Å². The van der Waals surface area contributed by atoms with Crippen molar-refractivity contribution in [3.63, 3.8) is 0 Å². The second-order valence-corrected chi connectivity index (χ2v) is 8.72. The van der Waals surface area contributed by atoms with Crippen LogP contribution in [0.3, 0.4) is 0 Å². The van der Waals surface area contributed by atoms with Crippen molar-refractivity contribution in [2.24, 2.45) is 0 Å². The standard InChI is InChI=1S/C23H27FN4O3.2C2H6.CH4/c1-14-17(23(30)28-9-2-3-19(29)22(28)25-14)8-12-27-10-6-15(7-11-27)21-18-5-4-16(24)13-20(18)31-26-21;2*1-2;/h4-5,13,15,19,29H,2-3,6-12H2,1H3;2*1-2H3;1H4. The molecule has 0 saturated carbocycles. The van der Waals surface area contributed by atoms with Gasteiger partial charge in [0.15, 0.2) is 5.58 Å². The van der Waals surface area contributed by atoms with Gasteiger partial charge >= 0.3 is 0 Å². The maximum Gasteiger partial charge on any atom is 0.257 e. The Kier molecular flexibility index (Phi) is 11.2. The van der Waals surface area contributed by atoms with Gasteiger partial charge in [0.1, 0.15) is 17.7 Å². The summed E-state index contributed by atoms with van der Waals surface area (Å²) in [5.41, 5.74) is 2.90. The molecule has 2 aliphatic heterocycles. The summed E-state index contributed by atoms with van der Waals surface area (Å²) in [5.74, 6) is 0.489. The number of hydrogen-bond acceptors (Lipinski definition) is 6. The van der Waals surface area contributed by atoms with E-state index in [1.165, 1.54) is 12.1 Å². The Morgan fingerprint density at radius 2 is 1.81 bits per heavy atom. The monoisotopic (exact) mass is 502 g/mol. The van der Waals surface area contributed by atoms with E-state index in [1.54, 1.807) is 10.6 Å². The summed E-state index contributed by atoms with van der Waals surface area (Å²) in [4.78, 5) is 19.9. The molecule has 1 N–H and O–H groups in total. The minimum Gasteiger partial charge on any atom is -0.385 e. The average Bonchev–Trinajstić information content (AvgIpc) is 3.30. The third-order valence-electron chi connectivity index (χ3n) is 6.77. The van der Waals surface area contributed by atoms with Crippen LogP contribution in [-0.4, -0.2) is 44.3 Å². The molecule has 1 fully saturated rings. The van der Waals surface area contributed by atoms with Gasteiger partial charge in [-0.15, -0.1) is 0 Å². The Morgan fingerprint density at radius 1 is 1.11 bits per heavy atom. The minimum atomic E-state index is -0.641. The zero-order chi connectivity index (χ0) is 25.5. The fraction of sp³-hybridized carbons (Fsp3) is 0.607. The zero-order valence-electron chi connectivity index (χ0n) is 21.7. The lowest BCUT2D eigenvalue weighted by molar-refractivity contribution is 0.129. The smallest absolute Gasteiger partial charge is 0.257 e. The molecule has 0 radical (unpaired) electrons. The van der Waals surface area contributed by atoms with Crippen LogP contribution in [0.15, 0.2) is 27.5 Å². The molecule has 8 heteroatoms. The van der Waals surface area contributed by atoms with E-state index in [0.717, 1.165) is 61.2 Å². The van der Waals surface area contributed by atoms with E-state index < -0.39 is 6.10 Å². The molecule has 0 aliphatic carbocycles. The van der Waals surface area contributed by atoms with Gasteiger partial charge in [-0.25, -0.2) is 9.37 Å². The van der Waals surface area contributed by atoms with Crippen LogP contribution in [-0.2, 0) is 13.0 Å². The van der Waals surface area contributed by atoms with E-state index in [-0.39, 0.29) is 18.8 Å². The van der Waals surface area contributed by atoms with Gasteiger partial charge in [0, 0.05) is 41.7 Å². The topological polar surface area (TPSA) is 84.4 Å². The third kappa shape index (κ3) is 6.21. The molecule has 0 bridgehead atoms. The molecule has 200 valence electrons. The number of piperidine rings is 1. The van der Waals surface area contributed by atoms with Gasteiger partial charge in [0.05, 0.1) is 5.69 Å². The molecular weight excluding hydrogens is 459 g/mol. The molecule has 36 heavy (non-hydrogen) atoms. The van der Waals surface area contributed by atoms with Crippen LogP contribution in [0.4, 0.5) is 4.39 Å². The molecule has 3 aromatic rings. The maximum absolute atomic E-state index is 13.4. The summed E-state index contributed by atoms with van der Waals surface area (Å²) >= 11 is 0. The van der Waals surface area contributed by atoms with Gasteiger partial charge < -0.3 is 14.5 Å². The molecule has 7 nitrogen and oxygen atoms in total. The number of likely N-dealkylation sites (tertiary alicyclic amines) is 1. The van der Waals surface area contributed by atoms with Crippen LogP contribution in [0.1, 0.15) is 95.6 Å². The molecular formula is C28H43FN4O3. The molecule has 0 amide bonds. The summed E-state index contributed by atoms with van der Waals surface area (Å²) in [7, 11) is 0. The largest absolute Gasteiger partial charge is 0.385 e. The van der Waals surface area contributed by atoms with Crippen molar-refractivity contribution in [2.75, 3.05) is 19.6 Å². The number of aryl methyl sites for hydroxylation is 1. The molecule has 5 rings (SSSR count). The molecule has 0 spiro atoms. The van der Waals surface area contributed by atoms with Crippen molar-refractivity contribution in [3.8, 4) is 0 Å². The molecule has 1 saturated heterocycles. The van der Waals surface area contributed by atoms with Crippen LogP contribution >= 0.6 is 0 Å². The Labute approximate surface area is 214 Å².